The molecule has 0 spiro atoms. The van der Waals surface area contributed by atoms with Gasteiger partial charge in [0.1, 0.15) is 6.15 Å². The van der Waals surface area contributed by atoms with Gasteiger partial charge in [-0.15, -0.1) is 0 Å². The Kier molecular flexibility index (Phi) is 7.04. The SMILES string of the molecule is CC1=CCC(C)[NH2+]1.c1ccc([B-](c2ccccc2)(c2ccccc2)c2ccccc2)cc1. The third kappa shape index (κ3) is 4.61. The van der Waals surface area contributed by atoms with Gasteiger partial charge in [-0.25, -0.2) is 0 Å². The highest BCUT2D eigenvalue weighted by Gasteiger charge is 2.30. The highest BCUT2D eigenvalue weighted by Crippen LogP contribution is 2.09. The van der Waals surface area contributed by atoms with Crippen LogP contribution in [0.25, 0.3) is 0 Å². The van der Waals surface area contributed by atoms with E-state index < -0.39 is 6.15 Å². The standard InChI is InChI=1S/C24H20B.C6H11N/c1-5-13-21(14-6-1)25(22-15-7-2-8-16-22,23-17-9-3-10-18-23)24-19-11-4-12-20-24;1-5-3-4-6(2)7-5/h1-20H;3,6-7H,4H2,1-2H3/q-1;/p+1. The summed E-state index contributed by atoms with van der Waals surface area (Å²) in [6, 6.07) is 44.3. The molecule has 1 nitrogen and oxygen atoms in total. The van der Waals surface area contributed by atoms with Gasteiger partial charge in [-0.1, -0.05) is 121 Å². The number of nitrogens with two attached hydrogens (primary N) is 1. The second-order valence-electron chi connectivity index (χ2n) is 8.84. The highest BCUT2D eigenvalue weighted by atomic mass is 14.9. The maximum Gasteiger partial charge on any atom is 0.108 e. The lowest BCUT2D eigenvalue weighted by Gasteiger charge is -2.44. The average molecular weight is 417 g/mol. The normalized spacial score (nSPS) is 15.4. The number of benzene rings is 4. The molecule has 1 atom stereocenters. The van der Waals surface area contributed by atoms with Crippen molar-refractivity contribution in [2.75, 3.05) is 0 Å². The highest BCUT2D eigenvalue weighted by molar-refractivity contribution is 7.19. The second kappa shape index (κ2) is 10.3. The fourth-order valence-electron chi connectivity index (χ4n) is 5.08. The molecule has 1 heterocycles. The summed E-state index contributed by atoms with van der Waals surface area (Å²) >= 11 is 0. The summed E-state index contributed by atoms with van der Waals surface area (Å²) in [5.41, 5.74) is 6.81. The topological polar surface area (TPSA) is 16.6 Å². The first-order valence-electron chi connectivity index (χ1n) is 11.6. The van der Waals surface area contributed by atoms with Gasteiger partial charge in [0.15, 0.2) is 0 Å². The van der Waals surface area contributed by atoms with Crippen LogP contribution in [0.5, 0.6) is 0 Å². The van der Waals surface area contributed by atoms with E-state index in [0.29, 0.717) is 0 Å². The number of hydrogen-bond donors (Lipinski definition) is 1. The molecular formula is C30H32BN. The summed E-state index contributed by atoms with van der Waals surface area (Å²) in [7, 11) is 0. The fourth-order valence-corrected chi connectivity index (χ4v) is 5.08. The first-order valence-corrected chi connectivity index (χ1v) is 11.6. The van der Waals surface area contributed by atoms with E-state index in [4.69, 9.17) is 0 Å². The molecule has 0 fully saturated rings. The van der Waals surface area contributed by atoms with Crippen LogP contribution in [0.2, 0.25) is 0 Å². The molecule has 5 rings (SSSR count). The van der Waals surface area contributed by atoms with Gasteiger partial charge in [0.2, 0.25) is 0 Å². The first-order chi connectivity index (χ1) is 15.7. The van der Waals surface area contributed by atoms with Crippen LogP contribution in [0.1, 0.15) is 20.3 Å². The summed E-state index contributed by atoms with van der Waals surface area (Å²) in [5.74, 6) is 0. The van der Waals surface area contributed by atoms with E-state index in [-0.39, 0.29) is 0 Å². The third-order valence-corrected chi connectivity index (χ3v) is 6.56. The quantitative estimate of drug-likeness (QED) is 0.491. The molecule has 0 saturated heterocycles. The summed E-state index contributed by atoms with van der Waals surface area (Å²) in [5, 5.41) is 2.31. The lowest BCUT2D eigenvalue weighted by Crippen LogP contribution is -2.84. The third-order valence-electron chi connectivity index (χ3n) is 6.56. The maximum atomic E-state index is 2.31. The summed E-state index contributed by atoms with van der Waals surface area (Å²) in [6.07, 6.45) is 2.32. The Balaban J connectivity index is 0.000000300. The predicted molar refractivity (Wildman–Crippen MR) is 140 cm³/mol. The zero-order valence-corrected chi connectivity index (χ0v) is 19.1. The Labute approximate surface area is 192 Å². The molecule has 1 aliphatic heterocycles. The van der Waals surface area contributed by atoms with Crippen molar-refractivity contribution in [3.8, 4) is 0 Å². The minimum Gasteiger partial charge on any atom is -0.316 e. The maximum absolute atomic E-state index is 2.31. The monoisotopic (exact) mass is 417 g/mol. The van der Waals surface area contributed by atoms with Gasteiger partial charge >= 0.3 is 0 Å². The van der Waals surface area contributed by atoms with E-state index in [9.17, 15) is 0 Å². The molecule has 0 aliphatic carbocycles. The van der Waals surface area contributed by atoms with Gasteiger partial charge < -0.3 is 5.32 Å². The van der Waals surface area contributed by atoms with Crippen LogP contribution in [0.3, 0.4) is 0 Å². The molecule has 2 heteroatoms. The molecule has 1 unspecified atom stereocenters. The van der Waals surface area contributed by atoms with Crippen molar-refractivity contribution in [2.45, 2.75) is 26.3 Å². The van der Waals surface area contributed by atoms with Crippen LogP contribution in [-0.4, -0.2) is 12.2 Å². The van der Waals surface area contributed by atoms with Crippen molar-refractivity contribution >= 4 is 28.0 Å². The Morgan fingerprint density at radius 1 is 0.562 bits per heavy atom. The molecule has 32 heavy (non-hydrogen) atoms. The van der Waals surface area contributed by atoms with E-state index in [1.54, 1.807) is 0 Å². The lowest BCUT2D eigenvalue weighted by atomic mass is 9.13. The molecule has 4 aromatic carbocycles. The van der Waals surface area contributed by atoms with Crippen LogP contribution >= 0.6 is 0 Å². The molecule has 0 saturated carbocycles. The lowest BCUT2D eigenvalue weighted by molar-refractivity contribution is -0.629. The zero-order chi connectivity index (χ0) is 22.2. The van der Waals surface area contributed by atoms with Crippen molar-refractivity contribution in [1.29, 1.82) is 0 Å². The minimum atomic E-state index is -1.22. The Bertz CT molecular complexity index is 959. The molecule has 4 aromatic rings. The van der Waals surface area contributed by atoms with E-state index >= 15 is 0 Å². The number of rotatable bonds is 4. The largest absolute Gasteiger partial charge is 0.316 e. The van der Waals surface area contributed by atoms with Crippen LogP contribution in [-0.2, 0) is 0 Å². The van der Waals surface area contributed by atoms with Crippen LogP contribution in [0.4, 0.5) is 0 Å². The Hall–Kier alpha value is -3.36. The van der Waals surface area contributed by atoms with E-state index in [1.807, 2.05) is 0 Å². The van der Waals surface area contributed by atoms with Gasteiger partial charge in [-0.2, -0.15) is 21.9 Å². The van der Waals surface area contributed by atoms with Crippen LogP contribution < -0.4 is 27.2 Å². The Morgan fingerprint density at radius 3 is 1.06 bits per heavy atom. The van der Waals surface area contributed by atoms with Gasteiger partial charge in [0.25, 0.3) is 0 Å². The summed E-state index contributed by atoms with van der Waals surface area (Å²) in [4.78, 5) is 0. The molecule has 1 aliphatic rings. The number of allylic oxidation sites excluding steroid dienone is 1. The molecule has 0 bridgehead atoms. The summed E-state index contributed by atoms with van der Waals surface area (Å²) < 4.78 is 0. The number of hydrogen-bond acceptors (Lipinski definition) is 0. The molecule has 160 valence electrons. The molecular weight excluding hydrogens is 385 g/mol. The fraction of sp³-hybridized carbons (Fsp3) is 0.133. The zero-order valence-electron chi connectivity index (χ0n) is 19.1. The first kappa shape index (κ1) is 21.9. The molecule has 0 aromatic heterocycles. The van der Waals surface area contributed by atoms with Crippen molar-refractivity contribution in [3.63, 3.8) is 0 Å². The van der Waals surface area contributed by atoms with Crippen molar-refractivity contribution in [2.24, 2.45) is 0 Å². The van der Waals surface area contributed by atoms with Gasteiger partial charge in [0, 0.05) is 13.3 Å². The van der Waals surface area contributed by atoms with Crippen LogP contribution in [0, 0.1) is 0 Å². The summed E-state index contributed by atoms with van der Waals surface area (Å²) in [6.45, 7) is 4.40. The molecule has 2 N–H and O–H groups in total. The van der Waals surface area contributed by atoms with Crippen molar-refractivity contribution < 1.29 is 5.32 Å². The van der Waals surface area contributed by atoms with E-state index in [1.165, 1.54) is 34.0 Å². The van der Waals surface area contributed by atoms with Gasteiger partial charge in [-0.05, 0) is 13.0 Å². The van der Waals surface area contributed by atoms with Gasteiger partial charge in [-0.3, -0.25) is 0 Å². The van der Waals surface area contributed by atoms with Crippen LogP contribution in [0.15, 0.2) is 133 Å². The second-order valence-corrected chi connectivity index (χ2v) is 8.84. The Morgan fingerprint density at radius 2 is 0.875 bits per heavy atom. The van der Waals surface area contributed by atoms with Crippen molar-refractivity contribution in [3.05, 3.63) is 133 Å². The molecule has 0 amide bonds. The van der Waals surface area contributed by atoms with Gasteiger partial charge in [0.05, 0.1) is 11.7 Å². The average Bonchev–Trinajstić information content (AvgIpc) is 3.25. The number of quaternary nitrogens is 1. The van der Waals surface area contributed by atoms with Crippen molar-refractivity contribution in [1.82, 2.24) is 0 Å². The molecule has 0 radical (unpaired) electrons. The van der Waals surface area contributed by atoms with E-state index in [0.717, 1.165) is 6.04 Å². The minimum absolute atomic E-state index is 0.806. The van der Waals surface area contributed by atoms with E-state index in [2.05, 4.69) is 147 Å². The smallest absolute Gasteiger partial charge is 0.108 e. The predicted octanol–water partition coefficient (Wildman–Crippen LogP) is 3.31.